The number of hydrogen-bond acceptors (Lipinski definition) is 10. The topological polar surface area (TPSA) is 193 Å². The van der Waals surface area contributed by atoms with Gasteiger partial charge in [-0.15, -0.1) is 0 Å². The van der Waals surface area contributed by atoms with Crippen molar-refractivity contribution in [3.8, 4) is 33.6 Å². The van der Waals surface area contributed by atoms with Crippen LogP contribution >= 0.6 is 0 Å². The van der Waals surface area contributed by atoms with Crippen molar-refractivity contribution in [1.29, 1.82) is 0 Å². The van der Waals surface area contributed by atoms with Crippen LogP contribution in [0.2, 0.25) is 0 Å². The molecule has 0 unspecified atom stereocenters. The van der Waals surface area contributed by atoms with Crippen LogP contribution in [0.15, 0.2) is 60.9 Å². The fourth-order valence-electron chi connectivity index (χ4n) is 8.44. The van der Waals surface area contributed by atoms with E-state index in [1.807, 2.05) is 86.6 Å². The molecule has 16 nitrogen and oxygen atoms in total. The van der Waals surface area contributed by atoms with Gasteiger partial charge in [0.2, 0.25) is 11.8 Å². The summed E-state index contributed by atoms with van der Waals surface area (Å²) in [6.07, 6.45) is 4.29. The number of carbonyl (C=O) groups is 4. The Morgan fingerprint density at radius 1 is 0.719 bits per heavy atom. The summed E-state index contributed by atoms with van der Waals surface area (Å²) in [5.74, 6) is -0.398. The highest BCUT2D eigenvalue weighted by molar-refractivity contribution is 5.87. The number of imidazole rings is 2. The maximum Gasteiger partial charge on any atom is 0.408 e. The molecule has 4 amide bonds. The Bertz CT molecular complexity index is 2290. The first kappa shape index (κ1) is 46.3. The third-order valence-corrected chi connectivity index (χ3v) is 13.2. The average Bonchev–Trinajstić information content (AvgIpc) is 4.12. The van der Waals surface area contributed by atoms with Crippen molar-refractivity contribution in [2.24, 2.45) is 17.3 Å². The molecule has 3 saturated heterocycles. The molecule has 4 N–H and O–H groups in total. The summed E-state index contributed by atoms with van der Waals surface area (Å²) in [4.78, 5) is 73.1. The van der Waals surface area contributed by atoms with Gasteiger partial charge in [0.25, 0.3) is 0 Å². The molecule has 1 spiro atoms. The van der Waals surface area contributed by atoms with Crippen LogP contribution in [0.4, 0.5) is 9.59 Å². The predicted octanol–water partition coefficient (Wildman–Crippen LogP) is 7.77. The standard InChI is InChI=1S/C48H64N8O8/c1-28(2)38(53-44(59)61-10)42(57)55-21-11-12-36(55)40-49-25-34(51-40)32-17-13-30(14-18-32)31-15-19-33(20-16-31)35-26-50-41(52-35)37-24-48(62-22-23-63-48)27-56(37)43(58)39(29(3)4)54-45(60)64-47(8,9)46(5,6)7/h13-20,25-26,28-29,36-39H,11-12,21-24,27H2,1-10H3,(H,49,51)(H,50,52)(H,53,59)(H,54,60)/t36-,37-,38-,39-/m0/s1. The molecule has 4 atom stereocenters. The van der Waals surface area contributed by atoms with E-state index in [1.54, 1.807) is 22.2 Å². The monoisotopic (exact) mass is 880 g/mol. The number of H-pyrrole nitrogens is 2. The molecule has 16 heteroatoms. The molecule has 3 fully saturated rings. The van der Waals surface area contributed by atoms with Gasteiger partial charge in [-0.2, -0.15) is 0 Å². The number of aromatic amines is 2. The lowest BCUT2D eigenvalue weighted by molar-refractivity contribution is -0.153. The molecule has 5 heterocycles. The number of alkyl carbamates (subject to hydrolysis) is 2. The number of hydrogen-bond donors (Lipinski definition) is 4. The summed E-state index contributed by atoms with van der Waals surface area (Å²) in [5, 5.41) is 5.57. The highest BCUT2D eigenvalue weighted by Crippen LogP contribution is 2.43. The summed E-state index contributed by atoms with van der Waals surface area (Å²) >= 11 is 0. The maximum atomic E-state index is 14.4. The van der Waals surface area contributed by atoms with Gasteiger partial charge >= 0.3 is 12.2 Å². The normalized spacial score (nSPS) is 19.6. The lowest BCUT2D eigenvalue weighted by atomic mass is 9.79. The smallest absolute Gasteiger partial charge is 0.408 e. The second-order valence-electron chi connectivity index (χ2n) is 19.4. The quantitative estimate of drug-likeness (QED) is 0.109. The van der Waals surface area contributed by atoms with Crippen LogP contribution in [0.5, 0.6) is 0 Å². The largest absolute Gasteiger partial charge is 0.453 e. The van der Waals surface area contributed by atoms with Crippen molar-refractivity contribution in [3.05, 3.63) is 72.6 Å². The molecule has 4 aromatic rings. The summed E-state index contributed by atoms with van der Waals surface area (Å²) in [7, 11) is 1.29. The molecule has 0 bridgehead atoms. The van der Waals surface area contributed by atoms with Crippen LogP contribution in [-0.2, 0) is 28.5 Å². The minimum absolute atomic E-state index is 0.115. The van der Waals surface area contributed by atoms with Crippen LogP contribution in [0.1, 0.15) is 105 Å². The van der Waals surface area contributed by atoms with Crippen molar-refractivity contribution < 1.29 is 38.1 Å². The fourth-order valence-corrected chi connectivity index (χ4v) is 8.44. The van der Waals surface area contributed by atoms with Gasteiger partial charge in [-0.3, -0.25) is 9.59 Å². The fraction of sp³-hybridized carbons (Fsp3) is 0.542. The zero-order valence-corrected chi connectivity index (χ0v) is 38.7. The van der Waals surface area contributed by atoms with Gasteiger partial charge in [-0.1, -0.05) is 97.0 Å². The van der Waals surface area contributed by atoms with E-state index in [0.29, 0.717) is 37.8 Å². The van der Waals surface area contributed by atoms with E-state index in [2.05, 4.69) is 49.9 Å². The Kier molecular flexibility index (Phi) is 13.3. The van der Waals surface area contributed by atoms with E-state index >= 15 is 0 Å². The Balaban J connectivity index is 1.03. The number of rotatable bonds is 12. The zero-order valence-electron chi connectivity index (χ0n) is 38.7. The van der Waals surface area contributed by atoms with Gasteiger partial charge < -0.3 is 49.3 Å². The Morgan fingerprint density at radius 2 is 1.19 bits per heavy atom. The summed E-state index contributed by atoms with van der Waals surface area (Å²) in [5.41, 5.74) is 4.49. The number of ether oxygens (including phenoxy) is 4. The molecule has 3 aliphatic rings. The Morgan fingerprint density at radius 3 is 1.67 bits per heavy atom. The molecule has 344 valence electrons. The maximum absolute atomic E-state index is 14.4. The van der Waals surface area contributed by atoms with Gasteiger partial charge in [-0.05, 0) is 60.8 Å². The van der Waals surface area contributed by atoms with E-state index in [4.69, 9.17) is 23.9 Å². The third kappa shape index (κ3) is 9.67. The molecule has 2 aromatic heterocycles. The van der Waals surface area contributed by atoms with Crippen molar-refractivity contribution in [2.45, 2.75) is 117 Å². The molecule has 3 aliphatic heterocycles. The molecule has 2 aromatic carbocycles. The summed E-state index contributed by atoms with van der Waals surface area (Å²) < 4.78 is 22.8. The minimum Gasteiger partial charge on any atom is -0.453 e. The predicted molar refractivity (Wildman–Crippen MR) is 240 cm³/mol. The number of carbonyl (C=O) groups excluding carboxylic acids is 4. The summed E-state index contributed by atoms with van der Waals surface area (Å²) in [6, 6.07) is 14.1. The van der Waals surface area contributed by atoms with Gasteiger partial charge in [0.05, 0.1) is 62.7 Å². The molecule has 7 rings (SSSR count). The number of amides is 4. The van der Waals surface area contributed by atoms with Crippen LogP contribution in [0.25, 0.3) is 33.6 Å². The Hall–Kier alpha value is -5.74. The molecular formula is C48H64N8O8. The number of benzene rings is 2. The molecule has 0 aliphatic carbocycles. The lowest BCUT2D eigenvalue weighted by Crippen LogP contribution is -2.54. The van der Waals surface area contributed by atoms with E-state index in [9.17, 15) is 19.2 Å². The number of likely N-dealkylation sites (tertiary alicyclic amines) is 2. The van der Waals surface area contributed by atoms with Crippen LogP contribution in [0, 0.1) is 17.3 Å². The highest BCUT2D eigenvalue weighted by Gasteiger charge is 2.53. The van der Waals surface area contributed by atoms with Crippen LogP contribution < -0.4 is 10.6 Å². The zero-order chi connectivity index (χ0) is 46.1. The van der Waals surface area contributed by atoms with Gasteiger partial charge in [0.15, 0.2) is 5.79 Å². The van der Waals surface area contributed by atoms with Gasteiger partial charge in [-0.25, -0.2) is 19.6 Å². The number of nitrogens with zero attached hydrogens (tertiary/aromatic N) is 4. The average molecular weight is 881 g/mol. The number of aromatic nitrogens is 4. The second-order valence-corrected chi connectivity index (χ2v) is 19.4. The second kappa shape index (κ2) is 18.4. The van der Waals surface area contributed by atoms with E-state index in [0.717, 1.165) is 46.5 Å². The SMILES string of the molecule is COC(=O)N[C@H](C(=O)N1CCC[C@H]1c1ncc(-c2ccc(-c3ccc(-c4cnc([C@@H]5CC6(CN5C(=O)[C@@H](NC(=O)OC(C)(C)C(C)(C)C)C(C)C)OCCO6)[nH]4)cc3)cc2)[nH]1)C(C)C. The first-order chi connectivity index (χ1) is 30.3. The highest BCUT2D eigenvalue weighted by atomic mass is 16.7. The van der Waals surface area contributed by atoms with Crippen LogP contribution in [-0.4, -0.2) is 111 Å². The molecule has 0 saturated carbocycles. The first-order valence-electron chi connectivity index (χ1n) is 22.3. The van der Waals surface area contributed by atoms with Gasteiger partial charge in [0, 0.05) is 18.4 Å². The molecule has 0 radical (unpaired) electrons. The van der Waals surface area contributed by atoms with Crippen molar-refractivity contribution >= 4 is 24.0 Å². The molecular weight excluding hydrogens is 817 g/mol. The summed E-state index contributed by atoms with van der Waals surface area (Å²) in [6.45, 7) is 19.0. The number of methoxy groups -OCH3 is 1. The van der Waals surface area contributed by atoms with E-state index in [1.165, 1.54) is 7.11 Å². The van der Waals surface area contributed by atoms with Gasteiger partial charge in [0.1, 0.15) is 29.3 Å². The van der Waals surface area contributed by atoms with E-state index in [-0.39, 0.29) is 41.7 Å². The van der Waals surface area contributed by atoms with Crippen molar-refractivity contribution in [3.63, 3.8) is 0 Å². The van der Waals surface area contributed by atoms with E-state index < -0.39 is 41.7 Å². The molecule has 64 heavy (non-hydrogen) atoms. The Labute approximate surface area is 375 Å². The van der Waals surface area contributed by atoms with Crippen LogP contribution in [0.3, 0.4) is 0 Å². The third-order valence-electron chi connectivity index (χ3n) is 13.2. The van der Waals surface area contributed by atoms with Crippen molar-refractivity contribution in [1.82, 2.24) is 40.4 Å². The lowest BCUT2D eigenvalue weighted by Gasteiger charge is -2.38. The van der Waals surface area contributed by atoms with Crippen molar-refractivity contribution in [2.75, 3.05) is 33.4 Å². The first-order valence-corrected chi connectivity index (χ1v) is 22.3. The number of nitrogens with one attached hydrogen (secondary N) is 4. The minimum atomic E-state index is -0.957.